The van der Waals surface area contributed by atoms with E-state index >= 15 is 0 Å². The van der Waals surface area contributed by atoms with E-state index in [1.165, 1.54) is 19.3 Å². The lowest BCUT2D eigenvalue weighted by molar-refractivity contribution is 0.402. The highest BCUT2D eigenvalue weighted by Gasteiger charge is 2.20. The summed E-state index contributed by atoms with van der Waals surface area (Å²) in [7, 11) is 0. The second kappa shape index (κ2) is 6.24. The first-order valence-electron chi connectivity index (χ1n) is 6.76. The fourth-order valence-electron chi connectivity index (χ4n) is 2.40. The lowest BCUT2D eigenvalue weighted by Gasteiger charge is -2.09. The number of benzene rings is 1. The molecule has 1 aliphatic heterocycles. The van der Waals surface area contributed by atoms with Crippen LogP contribution in [0, 0.1) is 0 Å². The Morgan fingerprint density at radius 3 is 3.05 bits per heavy atom. The summed E-state index contributed by atoms with van der Waals surface area (Å²) in [5, 5.41) is 8.26. The van der Waals surface area contributed by atoms with Crippen LogP contribution < -0.4 is 5.32 Å². The standard InChI is InChI=1S/C14H15BrClN3O/c15-11-8-9(16)5-6-10(11)14-18-13(19-20-14)12-4-2-1-3-7-17-12/h5-6,8,12,17H,1-4,7H2. The fraction of sp³-hybridized carbons (Fsp3) is 0.429. The van der Waals surface area contributed by atoms with Crippen LogP contribution in [0.4, 0.5) is 0 Å². The van der Waals surface area contributed by atoms with E-state index in [1.807, 2.05) is 18.2 Å². The molecule has 0 radical (unpaired) electrons. The number of nitrogens with one attached hydrogen (secondary N) is 1. The molecule has 1 saturated heterocycles. The van der Waals surface area contributed by atoms with E-state index in [9.17, 15) is 0 Å². The molecule has 3 rings (SSSR count). The highest BCUT2D eigenvalue weighted by molar-refractivity contribution is 9.10. The molecule has 1 N–H and O–H groups in total. The van der Waals surface area contributed by atoms with Crippen LogP contribution in [-0.2, 0) is 0 Å². The van der Waals surface area contributed by atoms with Crippen molar-refractivity contribution in [2.45, 2.75) is 31.7 Å². The van der Waals surface area contributed by atoms with E-state index in [-0.39, 0.29) is 6.04 Å². The summed E-state index contributed by atoms with van der Waals surface area (Å²) in [5.74, 6) is 1.26. The SMILES string of the molecule is Clc1ccc(-c2nc(C3CCCCCN3)no2)c(Br)c1. The van der Waals surface area contributed by atoms with E-state index in [0.29, 0.717) is 10.9 Å². The number of hydrogen-bond acceptors (Lipinski definition) is 4. The van der Waals surface area contributed by atoms with Crippen LogP contribution in [0.1, 0.15) is 37.5 Å². The summed E-state index contributed by atoms with van der Waals surface area (Å²) in [6.07, 6.45) is 4.73. The van der Waals surface area contributed by atoms with Crippen molar-refractivity contribution < 1.29 is 4.52 Å². The lowest BCUT2D eigenvalue weighted by Crippen LogP contribution is -2.21. The van der Waals surface area contributed by atoms with Crippen molar-refractivity contribution in [2.75, 3.05) is 6.54 Å². The van der Waals surface area contributed by atoms with Gasteiger partial charge in [0.2, 0.25) is 0 Å². The van der Waals surface area contributed by atoms with Crippen LogP contribution in [0.2, 0.25) is 5.02 Å². The van der Waals surface area contributed by atoms with Gasteiger partial charge in [-0.1, -0.05) is 29.6 Å². The Morgan fingerprint density at radius 1 is 1.30 bits per heavy atom. The first-order chi connectivity index (χ1) is 9.74. The van der Waals surface area contributed by atoms with E-state index < -0.39 is 0 Å². The Balaban J connectivity index is 1.85. The Morgan fingerprint density at radius 2 is 2.20 bits per heavy atom. The molecule has 1 atom stereocenters. The van der Waals surface area contributed by atoms with Gasteiger partial charge in [0.1, 0.15) is 0 Å². The number of nitrogens with zero attached hydrogens (tertiary/aromatic N) is 2. The van der Waals surface area contributed by atoms with Gasteiger partial charge >= 0.3 is 0 Å². The smallest absolute Gasteiger partial charge is 0.259 e. The van der Waals surface area contributed by atoms with Crippen LogP contribution >= 0.6 is 27.5 Å². The zero-order valence-electron chi connectivity index (χ0n) is 10.9. The zero-order chi connectivity index (χ0) is 13.9. The van der Waals surface area contributed by atoms with Gasteiger partial charge in [-0.2, -0.15) is 4.98 Å². The predicted octanol–water partition coefficient (Wildman–Crippen LogP) is 4.36. The van der Waals surface area contributed by atoms with E-state index in [1.54, 1.807) is 0 Å². The molecule has 0 amide bonds. The maximum atomic E-state index is 5.94. The minimum Gasteiger partial charge on any atom is -0.334 e. The van der Waals surface area contributed by atoms with Gasteiger partial charge in [-0.3, -0.25) is 0 Å². The minimum atomic E-state index is 0.195. The summed E-state index contributed by atoms with van der Waals surface area (Å²) in [6.45, 7) is 1.01. The average molecular weight is 357 g/mol. The van der Waals surface area contributed by atoms with Crippen molar-refractivity contribution >= 4 is 27.5 Å². The van der Waals surface area contributed by atoms with Crippen LogP contribution in [0.25, 0.3) is 11.5 Å². The molecule has 106 valence electrons. The third kappa shape index (κ3) is 3.05. The first-order valence-corrected chi connectivity index (χ1v) is 7.93. The average Bonchev–Trinajstić information content (AvgIpc) is 2.74. The Kier molecular flexibility index (Phi) is 4.38. The maximum absolute atomic E-state index is 5.94. The van der Waals surface area contributed by atoms with Gasteiger partial charge in [0.05, 0.1) is 11.6 Å². The molecule has 2 heterocycles. The third-order valence-corrected chi connectivity index (χ3v) is 4.37. The monoisotopic (exact) mass is 355 g/mol. The fourth-order valence-corrected chi connectivity index (χ4v) is 3.25. The molecular formula is C14H15BrClN3O. The molecule has 1 aromatic heterocycles. The molecule has 6 heteroatoms. The van der Waals surface area contributed by atoms with Crippen LogP contribution in [-0.4, -0.2) is 16.7 Å². The predicted molar refractivity (Wildman–Crippen MR) is 81.7 cm³/mol. The summed E-state index contributed by atoms with van der Waals surface area (Å²) in [5.41, 5.74) is 0.863. The lowest BCUT2D eigenvalue weighted by atomic mass is 10.1. The van der Waals surface area contributed by atoms with E-state index in [0.717, 1.165) is 28.8 Å². The molecular weight excluding hydrogens is 342 g/mol. The van der Waals surface area contributed by atoms with Crippen LogP contribution in [0.15, 0.2) is 27.2 Å². The topological polar surface area (TPSA) is 51.0 Å². The van der Waals surface area contributed by atoms with Gasteiger partial charge in [0.25, 0.3) is 5.89 Å². The summed E-state index contributed by atoms with van der Waals surface area (Å²) in [4.78, 5) is 4.52. The van der Waals surface area contributed by atoms with Gasteiger partial charge in [0, 0.05) is 9.50 Å². The van der Waals surface area contributed by atoms with E-state index in [2.05, 4.69) is 31.4 Å². The molecule has 4 nitrogen and oxygen atoms in total. The largest absolute Gasteiger partial charge is 0.334 e. The molecule has 1 unspecified atom stereocenters. The molecule has 0 saturated carbocycles. The van der Waals surface area contributed by atoms with Crippen molar-refractivity contribution in [3.8, 4) is 11.5 Å². The Hall–Kier alpha value is -0.910. The maximum Gasteiger partial charge on any atom is 0.259 e. The Bertz CT molecular complexity index is 594. The van der Waals surface area contributed by atoms with Crippen LogP contribution in [0.3, 0.4) is 0 Å². The molecule has 0 bridgehead atoms. The molecule has 1 aliphatic rings. The van der Waals surface area contributed by atoms with Gasteiger partial charge in [-0.05, 0) is 53.5 Å². The highest BCUT2D eigenvalue weighted by atomic mass is 79.9. The Labute approximate surface area is 131 Å². The summed E-state index contributed by atoms with van der Waals surface area (Å²) in [6, 6.07) is 5.71. The molecule has 1 fully saturated rings. The number of halogens is 2. The van der Waals surface area contributed by atoms with Gasteiger partial charge in [0.15, 0.2) is 5.82 Å². The first kappa shape index (κ1) is 14.0. The van der Waals surface area contributed by atoms with Gasteiger partial charge in [-0.15, -0.1) is 0 Å². The number of rotatable bonds is 2. The third-order valence-electron chi connectivity index (χ3n) is 3.48. The normalized spacial score (nSPS) is 19.8. The second-order valence-corrected chi connectivity index (χ2v) is 6.23. The van der Waals surface area contributed by atoms with E-state index in [4.69, 9.17) is 16.1 Å². The quantitative estimate of drug-likeness (QED) is 0.868. The van der Waals surface area contributed by atoms with Crippen molar-refractivity contribution in [3.63, 3.8) is 0 Å². The molecule has 2 aromatic rings. The molecule has 20 heavy (non-hydrogen) atoms. The van der Waals surface area contributed by atoms with Crippen molar-refractivity contribution in [1.29, 1.82) is 0 Å². The molecule has 0 spiro atoms. The van der Waals surface area contributed by atoms with Gasteiger partial charge in [-0.25, -0.2) is 0 Å². The second-order valence-electron chi connectivity index (χ2n) is 4.94. The van der Waals surface area contributed by atoms with Crippen molar-refractivity contribution in [1.82, 2.24) is 15.5 Å². The molecule has 1 aromatic carbocycles. The number of hydrogen-bond donors (Lipinski definition) is 1. The van der Waals surface area contributed by atoms with Crippen LogP contribution in [0.5, 0.6) is 0 Å². The summed E-state index contributed by atoms with van der Waals surface area (Å²) < 4.78 is 6.25. The van der Waals surface area contributed by atoms with Crippen molar-refractivity contribution in [3.05, 3.63) is 33.5 Å². The number of aromatic nitrogens is 2. The zero-order valence-corrected chi connectivity index (χ0v) is 13.2. The highest BCUT2D eigenvalue weighted by Crippen LogP contribution is 2.30. The molecule has 0 aliphatic carbocycles. The van der Waals surface area contributed by atoms with Gasteiger partial charge < -0.3 is 9.84 Å². The summed E-state index contributed by atoms with van der Waals surface area (Å²) >= 11 is 9.42. The minimum absolute atomic E-state index is 0.195. The van der Waals surface area contributed by atoms with Crippen molar-refractivity contribution in [2.24, 2.45) is 0 Å².